The third-order valence-corrected chi connectivity index (χ3v) is 3.35. The fraction of sp³-hybridized carbons (Fsp3) is 0.278. The number of ether oxygens (including phenoxy) is 1. The molecule has 22 heavy (non-hydrogen) atoms. The highest BCUT2D eigenvalue weighted by molar-refractivity contribution is 5.91. The van der Waals surface area contributed by atoms with Gasteiger partial charge in [0, 0.05) is 5.69 Å². The van der Waals surface area contributed by atoms with Gasteiger partial charge in [-0.3, -0.25) is 4.79 Å². The van der Waals surface area contributed by atoms with Crippen molar-refractivity contribution in [1.82, 2.24) is 0 Å². The molecule has 1 amide bonds. The highest BCUT2D eigenvalue weighted by Crippen LogP contribution is 2.17. The van der Waals surface area contributed by atoms with Gasteiger partial charge in [-0.05, 0) is 48.7 Å². The molecule has 4 nitrogen and oxygen atoms in total. The number of carbonyl (C=O) groups excluding carboxylic acids is 1. The minimum Gasteiger partial charge on any atom is -0.493 e. The van der Waals surface area contributed by atoms with E-state index in [2.05, 4.69) is 5.32 Å². The molecule has 0 aliphatic heterocycles. The summed E-state index contributed by atoms with van der Waals surface area (Å²) in [5.74, 6) is 0.664. The Bertz CT molecular complexity index is 653. The number of benzene rings is 2. The van der Waals surface area contributed by atoms with Crippen LogP contribution in [0.25, 0.3) is 0 Å². The second-order valence-corrected chi connectivity index (χ2v) is 5.27. The average Bonchev–Trinajstić information content (AvgIpc) is 2.49. The molecule has 2 N–H and O–H groups in total. The number of aliphatic hydroxyl groups excluding tert-OH is 1. The summed E-state index contributed by atoms with van der Waals surface area (Å²) in [6.45, 7) is 4.20. The van der Waals surface area contributed by atoms with Crippen LogP contribution < -0.4 is 10.1 Å². The summed E-state index contributed by atoms with van der Waals surface area (Å²) < 4.78 is 5.57. The van der Waals surface area contributed by atoms with Crippen LogP contribution in [0.15, 0.2) is 42.5 Å². The lowest BCUT2D eigenvalue weighted by Crippen LogP contribution is -2.16. The summed E-state index contributed by atoms with van der Waals surface area (Å²) >= 11 is 0. The predicted molar refractivity (Wildman–Crippen MR) is 87.0 cm³/mol. The lowest BCUT2D eigenvalue weighted by atomic mass is 10.1. The molecule has 2 aromatic rings. The van der Waals surface area contributed by atoms with Crippen molar-refractivity contribution in [2.24, 2.45) is 0 Å². The first-order valence-corrected chi connectivity index (χ1v) is 7.28. The zero-order valence-electron chi connectivity index (χ0n) is 12.9. The van der Waals surface area contributed by atoms with Crippen LogP contribution in [0.1, 0.15) is 23.1 Å². The Morgan fingerprint density at radius 1 is 1.18 bits per heavy atom. The fourth-order valence-electron chi connectivity index (χ4n) is 2.08. The quantitative estimate of drug-likeness (QED) is 0.861. The molecule has 4 heteroatoms. The lowest BCUT2D eigenvalue weighted by molar-refractivity contribution is -0.116. The first-order chi connectivity index (χ1) is 10.6. The maximum Gasteiger partial charge on any atom is 0.227 e. The van der Waals surface area contributed by atoms with E-state index in [1.54, 1.807) is 6.07 Å². The van der Waals surface area contributed by atoms with Gasteiger partial charge in [0.15, 0.2) is 0 Å². The first kappa shape index (κ1) is 16.0. The van der Waals surface area contributed by atoms with Gasteiger partial charge in [-0.25, -0.2) is 0 Å². The molecule has 116 valence electrons. The molecule has 0 aliphatic rings. The molecule has 2 aromatic carbocycles. The van der Waals surface area contributed by atoms with E-state index in [1.807, 2.05) is 50.2 Å². The van der Waals surface area contributed by atoms with E-state index in [1.165, 1.54) is 0 Å². The van der Waals surface area contributed by atoms with Gasteiger partial charge in [-0.2, -0.15) is 0 Å². The zero-order valence-corrected chi connectivity index (χ0v) is 12.9. The van der Waals surface area contributed by atoms with Gasteiger partial charge in [-0.15, -0.1) is 0 Å². The van der Waals surface area contributed by atoms with Gasteiger partial charge < -0.3 is 15.2 Å². The smallest absolute Gasteiger partial charge is 0.227 e. The standard InChI is InChI=1S/C18H21NO3/c1-13-4-3-5-16(10-13)22-9-8-18(21)19-17-11-15(12-20)7-6-14(17)2/h3-7,10-11,20H,8-9,12H2,1-2H3,(H,19,21). The predicted octanol–water partition coefficient (Wildman–Crippen LogP) is 3.20. The van der Waals surface area contributed by atoms with E-state index >= 15 is 0 Å². The van der Waals surface area contributed by atoms with Crippen LogP contribution in [0.4, 0.5) is 5.69 Å². The zero-order chi connectivity index (χ0) is 15.9. The van der Waals surface area contributed by atoms with Crippen molar-refractivity contribution < 1.29 is 14.6 Å². The lowest BCUT2D eigenvalue weighted by Gasteiger charge is -2.11. The fourth-order valence-corrected chi connectivity index (χ4v) is 2.08. The van der Waals surface area contributed by atoms with Gasteiger partial charge >= 0.3 is 0 Å². The van der Waals surface area contributed by atoms with E-state index in [0.717, 1.165) is 28.1 Å². The van der Waals surface area contributed by atoms with Crippen LogP contribution in [-0.2, 0) is 11.4 Å². The first-order valence-electron chi connectivity index (χ1n) is 7.28. The molecule has 0 saturated carbocycles. The normalized spacial score (nSPS) is 10.3. The molecule has 0 aliphatic carbocycles. The third-order valence-electron chi connectivity index (χ3n) is 3.35. The SMILES string of the molecule is Cc1cccc(OCCC(=O)Nc2cc(CO)ccc2C)c1. The summed E-state index contributed by atoms with van der Waals surface area (Å²) in [6.07, 6.45) is 0.275. The molecule has 0 aromatic heterocycles. The molecule has 0 radical (unpaired) electrons. The van der Waals surface area contributed by atoms with Crippen LogP contribution in [-0.4, -0.2) is 17.6 Å². The molecule has 0 atom stereocenters. The van der Waals surface area contributed by atoms with Crippen molar-refractivity contribution in [3.8, 4) is 5.75 Å². The Morgan fingerprint density at radius 2 is 2.00 bits per heavy atom. The van der Waals surface area contributed by atoms with Crippen LogP contribution in [0, 0.1) is 13.8 Å². The molecule has 0 heterocycles. The minimum absolute atomic E-state index is 0.0420. The molecule has 2 rings (SSSR count). The Hall–Kier alpha value is -2.33. The summed E-state index contributed by atoms with van der Waals surface area (Å²) in [5, 5.41) is 12.0. The van der Waals surface area contributed by atoms with Crippen LogP contribution >= 0.6 is 0 Å². The number of carbonyl (C=O) groups is 1. The Balaban J connectivity index is 1.85. The van der Waals surface area contributed by atoms with Crippen LogP contribution in [0.2, 0.25) is 0 Å². The van der Waals surface area contributed by atoms with Crippen molar-refractivity contribution in [2.45, 2.75) is 26.9 Å². The van der Waals surface area contributed by atoms with Gasteiger partial charge in [0.25, 0.3) is 0 Å². The molecule has 0 unspecified atom stereocenters. The topological polar surface area (TPSA) is 58.6 Å². The van der Waals surface area contributed by atoms with Gasteiger partial charge in [-0.1, -0.05) is 24.3 Å². The summed E-state index contributed by atoms with van der Waals surface area (Å²) in [4.78, 5) is 12.0. The number of nitrogens with one attached hydrogen (secondary N) is 1. The number of hydrogen-bond donors (Lipinski definition) is 2. The number of anilines is 1. The Kier molecular flexibility index (Phi) is 5.55. The largest absolute Gasteiger partial charge is 0.493 e. The molecule has 0 bridgehead atoms. The summed E-state index contributed by atoms with van der Waals surface area (Å²) in [6, 6.07) is 13.2. The molecular formula is C18H21NO3. The van der Waals surface area contributed by atoms with Gasteiger partial charge in [0.2, 0.25) is 5.91 Å². The van der Waals surface area contributed by atoms with E-state index in [4.69, 9.17) is 9.84 Å². The van der Waals surface area contributed by atoms with E-state index < -0.39 is 0 Å². The second-order valence-electron chi connectivity index (χ2n) is 5.27. The summed E-state index contributed by atoms with van der Waals surface area (Å²) in [5.41, 5.74) is 3.59. The Labute approximate surface area is 130 Å². The van der Waals surface area contributed by atoms with Crippen molar-refractivity contribution in [3.63, 3.8) is 0 Å². The second kappa shape index (κ2) is 7.61. The molecule has 0 fully saturated rings. The maximum atomic E-state index is 12.0. The van der Waals surface area contributed by atoms with Gasteiger partial charge in [0.05, 0.1) is 19.6 Å². The van der Waals surface area contributed by atoms with E-state index in [0.29, 0.717) is 6.61 Å². The minimum atomic E-state index is -0.106. The molecule has 0 spiro atoms. The number of aryl methyl sites for hydroxylation is 2. The Morgan fingerprint density at radius 3 is 2.73 bits per heavy atom. The van der Waals surface area contributed by atoms with Crippen molar-refractivity contribution >= 4 is 11.6 Å². The van der Waals surface area contributed by atoms with Crippen molar-refractivity contribution in [2.75, 3.05) is 11.9 Å². The van der Waals surface area contributed by atoms with Crippen molar-refractivity contribution in [3.05, 3.63) is 59.2 Å². The highest BCUT2D eigenvalue weighted by atomic mass is 16.5. The average molecular weight is 299 g/mol. The molecule has 0 saturated heterocycles. The number of aliphatic hydroxyl groups is 1. The number of hydrogen-bond acceptors (Lipinski definition) is 3. The maximum absolute atomic E-state index is 12.0. The number of amides is 1. The monoisotopic (exact) mass is 299 g/mol. The van der Waals surface area contributed by atoms with Gasteiger partial charge in [0.1, 0.15) is 5.75 Å². The highest BCUT2D eigenvalue weighted by Gasteiger charge is 2.06. The van der Waals surface area contributed by atoms with E-state index in [9.17, 15) is 4.79 Å². The van der Waals surface area contributed by atoms with Crippen LogP contribution in [0.3, 0.4) is 0 Å². The third kappa shape index (κ3) is 4.60. The summed E-state index contributed by atoms with van der Waals surface area (Å²) in [7, 11) is 0. The molecular weight excluding hydrogens is 278 g/mol. The van der Waals surface area contributed by atoms with E-state index in [-0.39, 0.29) is 18.9 Å². The number of rotatable bonds is 6. The van der Waals surface area contributed by atoms with Crippen molar-refractivity contribution in [1.29, 1.82) is 0 Å². The van der Waals surface area contributed by atoms with Crippen LogP contribution in [0.5, 0.6) is 5.75 Å².